The normalized spacial score (nSPS) is 33.0. The number of hydrogen-bond donors (Lipinski definition) is 1. The van der Waals surface area contributed by atoms with Crippen LogP contribution in [0.15, 0.2) is 18.2 Å². The van der Waals surface area contributed by atoms with Gasteiger partial charge in [-0.15, -0.1) is 0 Å². The van der Waals surface area contributed by atoms with Crippen molar-refractivity contribution in [1.82, 2.24) is 4.90 Å². The highest BCUT2D eigenvalue weighted by Crippen LogP contribution is 2.42. The Labute approximate surface area is 114 Å². The third kappa shape index (κ3) is 2.07. The molecule has 0 aromatic heterocycles. The van der Waals surface area contributed by atoms with Gasteiger partial charge >= 0.3 is 0 Å². The van der Waals surface area contributed by atoms with Crippen LogP contribution in [0.5, 0.6) is 0 Å². The van der Waals surface area contributed by atoms with Crippen LogP contribution in [0.1, 0.15) is 37.3 Å². The van der Waals surface area contributed by atoms with Gasteiger partial charge in [-0.1, -0.05) is 23.7 Å². The van der Waals surface area contributed by atoms with Crippen molar-refractivity contribution < 1.29 is 5.11 Å². The van der Waals surface area contributed by atoms with Gasteiger partial charge in [0.15, 0.2) is 0 Å². The smallest absolute Gasteiger partial charge is 0.104 e. The van der Waals surface area contributed by atoms with E-state index in [1.807, 2.05) is 25.1 Å². The second kappa shape index (κ2) is 4.22. The molecule has 1 aromatic rings. The van der Waals surface area contributed by atoms with Gasteiger partial charge in [-0.25, -0.2) is 0 Å². The minimum Gasteiger partial charge on any atom is -0.384 e. The summed E-state index contributed by atoms with van der Waals surface area (Å²) in [5.41, 5.74) is 1.31. The highest BCUT2D eigenvalue weighted by atomic mass is 35.5. The lowest BCUT2D eigenvalue weighted by atomic mass is 9.91. The van der Waals surface area contributed by atoms with Crippen LogP contribution in [-0.2, 0) is 5.60 Å². The topological polar surface area (TPSA) is 23.5 Å². The molecule has 1 saturated heterocycles. The van der Waals surface area contributed by atoms with Gasteiger partial charge in [0.2, 0.25) is 0 Å². The first kappa shape index (κ1) is 12.5. The molecule has 0 bridgehead atoms. The quantitative estimate of drug-likeness (QED) is 0.888. The predicted octanol–water partition coefficient (Wildman–Crippen LogP) is 3.09. The average Bonchev–Trinajstić information content (AvgIpc) is 3.09. The van der Waals surface area contributed by atoms with Gasteiger partial charge in [-0.2, -0.15) is 0 Å². The molecular formula is C15H20ClNO. The van der Waals surface area contributed by atoms with Gasteiger partial charge in [0.1, 0.15) is 5.60 Å². The monoisotopic (exact) mass is 265 g/mol. The number of halogens is 1. The Hall–Kier alpha value is -0.570. The zero-order valence-electron chi connectivity index (χ0n) is 11.0. The van der Waals surface area contributed by atoms with Crippen molar-refractivity contribution in [3.63, 3.8) is 0 Å². The molecule has 1 saturated carbocycles. The standard InChI is InChI=1S/C15H20ClNO/c1-10-3-4-12(7-14(10)16)15(18)8-11(2)17(9-15)13-5-6-13/h3-4,7,11,13,18H,5-6,8-9H2,1-2H3. The summed E-state index contributed by atoms with van der Waals surface area (Å²) in [6, 6.07) is 7.11. The Bertz CT molecular complexity index is 472. The van der Waals surface area contributed by atoms with Crippen molar-refractivity contribution >= 4 is 11.6 Å². The van der Waals surface area contributed by atoms with E-state index in [-0.39, 0.29) is 0 Å². The highest BCUT2D eigenvalue weighted by Gasteiger charge is 2.46. The minimum absolute atomic E-state index is 0.461. The lowest BCUT2D eigenvalue weighted by molar-refractivity contribution is 0.0451. The Morgan fingerprint density at radius 3 is 2.72 bits per heavy atom. The number of hydrogen-bond acceptors (Lipinski definition) is 2. The maximum absolute atomic E-state index is 10.9. The first-order chi connectivity index (χ1) is 8.49. The summed E-state index contributed by atoms with van der Waals surface area (Å²) in [4.78, 5) is 2.45. The maximum atomic E-state index is 10.9. The zero-order valence-corrected chi connectivity index (χ0v) is 11.7. The van der Waals surface area contributed by atoms with E-state index in [0.717, 1.165) is 29.1 Å². The van der Waals surface area contributed by atoms with Crippen molar-refractivity contribution in [1.29, 1.82) is 0 Å². The second-order valence-corrected chi connectivity index (χ2v) is 6.36. The van der Waals surface area contributed by atoms with Crippen LogP contribution in [-0.4, -0.2) is 28.6 Å². The summed E-state index contributed by atoms with van der Waals surface area (Å²) in [7, 11) is 0. The zero-order chi connectivity index (χ0) is 12.9. The van der Waals surface area contributed by atoms with E-state index in [1.54, 1.807) is 0 Å². The maximum Gasteiger partial charge on any atom is 0.104 e. The van der Waals surface area contributed by atoms with Crippen LogP contribution in [0.4, 0.5) is 0 Å². The Balaban J connectivity index is 1.88. The van der Waals surface area contributed by atoms with Gasteiger partial charge < -0.3 is 5.11 Å². The molecule has 3 heteroatoms. The van der Waals surface area contributed by atoms with Gasteiger partial charge in [0, 0.05) is 23.7 Å². The van der Waals surface area contributed by atoms with E-state index >= 15 is 0 Å². The van der Waals surface area contributed by atoms with Crippen LogP contribution in [0, 0.1) is 6.92 Å². The SMILES string of the molecule is Cc1ccc(C2(O)CC(C)N(C3CC3)C2)cc1Cl. The van der Waals surface area contributed by atoms with Crippen molar-refractivity contribution in [3.8, 4) is 0 Å². The molecule has 2 unspecified atom stereocenters. The number of aryl methyl sites for hydroxylation is 1. The predicted molar refractivity (Wildman–Crippen MR) is 73.9 cm³/mol. The van der Waals surface area contributed by atoms with E-state index in [4.69, 9.17) is 11.6 Å². The average molecular weight is 266 g/mol. The van der Waals surface area contributed by atoms with Crippen LogP contribution in [0.25, 0.3) is 0 Å². The number of nitrogens with zero attached hydrogens (tertiary/aromatic N) is 1. The molecule has 0 radical (unpaired) electrons. The fraction of sp³-hybridized carbons (Fsp3) is 0.600. The lowest BCUT2D eigenvalue weighted by Gasteiger charge is -2.24. The molecule has 3 rings (SSSR count). The van der Waals surface area contributed by atoms with E-state index in [9.17, 15) is 5.11 Å². The first-order valence-electron chi connectivity index (χ1n) is 6.74. The molecular weight excluding hydrogens is 246 g/mol. The largest absolute Gasteiger partial charge is 0.384 e. The molecule has 0 spiro atoms. The number of benzene rings is 1. The van der Waals surface area contributed by atoms with Crippen molar-refractivity contribution in [2.24, 2.45) is 0 Å². The molecule has 2 aliphatic rings. The summed E-state index contributed by atoms with van der Waals surface area (Å²) < 4.78 is 0. The molecule has 1 aliphatic heterocycles. The molecule has 1 aromatic carbocycles. The summed E-state index contributed by atoms with van der Waals surface area (Å²) in [6.45, 7) is 4.95. The molecule has 1 heterocycles. The highest BCUT2D eigenvalue weighted by molar-refractivity contribution is 6.31. The fourth-order valence-corrected chi connectivity index (χ4v) is 3.30. The van der Waals surface area contributed by atoms with E-state index in [2.05, 4.69) is 11.8 Å². The van der Waals surface area contributed by atoms with E-state index < -0.39 is 5.60 Å². The summed E-state index contributed by atoms with van der Waals surface area (Å²) in [6.07, 6.45) is 3.38. The van der Waals surface area contributed by atoms with Crippen molar-refractivity contribution in [3.05, 3.63) is 34.3 Å². The van der Waals surface area contributed by atoms with E-state index in [1.165, 1.54) is 12.8 Å². The van der Waals surface area contributed by atoms with E-state index in [0.29, 0.717) is 12.1 Å². The molecule has 98 valence electrons. The molecule has 0 amide bonds. The summed E-state index contributed by atoms with van der Waals surface area (Å²) in [5.74, 6) is 0. The third-order valence-electron chi connectivity index (χ3n) is 4.37. The Morgan fingerprint density at radius 1 is 1.39 bits per heavy atom. The molecule has 18 heavy (non-hydrogen) atoms. The van der Waals surface area contributed by atoms with Crippen molar-refractivity contribution in [2.75, 3.05) is 6.54 Å². The van der Waals surface area contributed by atoms with Crippen LogP contribution < -0.4 is 0 Å². The lowest BCUT2D eigenvalue weighted by Crippen LogP contribution is -2.33. The Kier molecular flexibility index (Phi) is 2.92. The summed E-state index contributed by atoms with van der Waals surface area (Å²) in [5, 5.41) is 11.6. The molecule has 1 aliphatic carbocycles. The van der Waals surface area contributed by atoms with Crippen LogP contribution in [0.2, 0.25) is 5.02 Å². The third-order valence-corrected chi connectivity index (χ3v) is 4.78. The number of aliphatic hydroxyl groups is 1. The number of likely N-dealkylation sites (tertiary alicyclic amines) is 1. The van der Waals surface area contributed by atoms with Gasteiger partial charge in [0.25, 0.3) is 0 Å². The van der Waals surface area contributed by atoms with Gasteiger partial charge in [0.05, 0.1) is 0 Å². The summed E-state index contributed by atoms with van der Waals surface area (Å²) >= 11 is 6.18. The fourth-order valence-electron chi connectivity index (χ4n) is 3.12. The van der Waals surface area contributed by atoms with Crippen LogP contribution >= 0.6 is 11.6 Å². The van der Waals surface area contributed by atoms with Gasteiger partial charge in [-0.3, -0.25) is 4.90 Å². The second-order valence-electron chi connectivity index (χ2n) is 5.95. The molecule has 2 fully saturated rings. The molecule has 2 atom stereocenters. The van der Waals surface area contributed by atoms with Crippen molar-refractivity contribution in [2.45, 2.75) is 50.8 Å². The molecule has 2 nitrogen and oxygen atoms in total. The number of rotatable bonds is 2. The van der Waals surface area contributed by atoms with Gasteiger partial charge in [-0.05, 0) is 50.3 Å². The first-order valence-corrected chi connectivity index (χ1v) is 7.12. The number of β-amino-alcohol motifs (C(OH)–C–C–N with tert-alkyl or cyclic N) is 1. The van der Waals surface area contributed by atoms with Crippen LogP contribution in [0.3, 0.4) is 0 Å². The minimum atomic E-state index is -0.723. The molecule has 1 N–H and O–H groups in total. The Morgan fingerprint density at radius 2 is 2.11 bits per heavy atom.